The molecule has 0 N–H and O–H groups in total. The number of halogens is 1. The molecular formula is C10H17ClN4. The highest BCUT2D eigenvalue weighted by Crippen LogP contribution is 2.26. The van der Waals surface area contributed by atoms with Crippen LogP contribution in [0.3, 0.4) is 0 Å². The van der Waals surface area contributed by atoms with E-state index in [9.17, 15) is 0 Å². The van der Waals surface area contributed by atoms with Gasteiger partial charge < -0.3 is 4.90 Å². The zero-order valence-corrected chi connectivity index (χ0v) is 9.98. The van der Waals surface area contributed by atoms with Gasteiger partial charge in [-0.3, -0.25) is 0 Å². The predicted molar refractivity (Wildman–Crippen MR) is 61.3 cm³/mol. The fourth-order valence-corrected chi connectivity index (χ4v) is 2.23. The topological polar surface area (TPSA) is 34.0 Å². The maximum absolute atomic E-state index is 6.21. The molecule has 2 atom stereocenters. The van der Waals surface area contributed by atoms with Crippen LogP contribution in [0.4, 0.5) is 5.82 Å². The molecule has 2 unspecified atom stereocenters. The van der Waals surface area contributed by atoms with Crippen molar-refractivity contribution >= 4 is 17.4 Å². The summed E-state index contributed by atoms with van der Waals surface area (Å²) in [5.74, 6) is 1.64. The summed E-state index contributed by atoms with van der Waals surface area (Å²) in [6.07, 6.45) is 2.90. The predicted octanol–water partition coefficient (Wildman–Crippen LogP) is 1.75. The lowest BCUT2D eigenvalue weighted by Crippen LogP contribution is -2.23. The number of alkyl halides is 1. The van der Waals surface area contributed by atoms with Crippen molar-refractivity contribution in [2.45, 2.75) is 32.2 Å². The van der Waals surface area contributed by atoms with E-state index in [1.807, 2.05) is 10.9 Å². The van der Waals surface area contributed by atoms with Crippen molar-refractivity contribution in [2.24, 2.45) is 5.92 Å². The Balaban J connectivity index is 2.12. The van der Waals surface area contributed by atoms with E-state index >= 15 is 0 Å². The van der Waals surface area contributed by atoms with Crippen LogP contribution in [0.25, 0.3) is 0 Å². The molecule has 0 spiro atoms. The third-order valence-corrected chi connectivity index (χ3v) is 3.45. The summed E-state index contributed by atoms with van der Waals surface area (Å²) >= 11 is 6.21. The van der Waals surface area contributed by atoms with Gasteiger partial charge in [0.1, 0.15) is 5.82 Å². The highest BCUT2D eigenvalue weighted by Gasteiger charge is 2.29. The minimum absolute atomic E-state index is 0.245. The van der Waals surface area contributed by atoms with Crippen molar-refractivity contribution in [3.05, 3.63) is 6.20 Å². The van der Waals surface area contributed by atoms with Gasteiger partial charge in [-0.2, -0.15) is 0 Å². The quantitative estimate of drug-likeness (QED) is 0.740. The number of hydrogen-bond donors (Lipinski definition) is 0. The van der Waals surface area contributed by atoms with Gasteiger partial charge in [0.2, 0.25) is 0 Å². The van der Waals surface area contributed by atoms with E-state index in [4.69, 9.17) is 11.6 Å². The van der Waals surface area contributed by atoms with Crippen LogP contribution in [0.15, 0.2) is 6.20 Å². The Morgan fingerprint density at radius 1 is 1.53 bits per heavy atom. The number of nitrogens with zero attached hydrogens (tertiary/aromatic N) is 4. The molecule has 1 aliphatic heterocycles. The Bertz CT molecular complexity index is 315. The number of rotatable bonds is 3. The zero-order chi connectivity index (χ0) is 10.8. The van der Waals surface area contributed by atoms with Crippen molar-refractivity contribution in [1.29, 1.82) is 0 Å². The van der Waals surface area contributed by atoms with E-state index in [1.54, 1.807) is 0 Å². The molecule has 1 aliphatic rings. The van der Waals surface area contributed by atoms with Crippen molar-refractivity contribution in [3.63, 3.8) is 0 Å². The highest BCUT2D eigenvalue weighted by atomic mass is 35.5. The summed E-state index contributed by atoms with van der Waals surface area (Å²) in [7, 11) is 0. The number of aromatic nitrogens is 3. The molecule has 0 bridgehead atoms. The van der Waals surface area contributed by atoms with Crippen LogP contribution in [0.2, 0.25) is 0 Å². The summed E-state index contributed by atoms with van der Waals surface area (Å²) < 4.78 is 1.96. The lowest BCUT2D eigenvalue weighted by Gasteiger charge is -2.17. The molecule has 1 aromatic rings. The van der Waals surface area contributed by atoms with Gasteiger partial charge in [-0.15, -0.1) is 16.7 Å². The molecule has 0 amide bonds. The summed E-state index contributed by atoms with van der Waals surface area (Å²) in [6, 6.07) is 0. The van der Waals surface area contributed by atoms with Crippen LogP contribution >= 0.6 is 11.6 Å². The second kappa shape index (κ2) is 4.39. The molecule has 0 radical (unpaired) electrons. The largest absolute Gasteiger partial charge is 0.354 e. The van der Waals surface area contributed by atoms with Gasteiger partial charge in [0.15, 0.2) is 0 Å². The molecule has 1 fully saturated rings. The molecule has 0 aliphatic carbocycles. The van der Waals surface area contributed by atoms with E-state index in [0.717, 1.165) is 31.9 Å². The van der Waals surface area contributed by atoms with Gasteiger partial charge >= 0.3 is 0 Å². The van der Waals surface area contributed by atoms with Crippen molar-refractivity contribution in [1.82, 2.24) is 15.0 Å². The first-order valence-corrected chi connectivity index (χ1v) is 5.93. The Labute approximate surface area is 95.2 Å². The summed E-state index contributed by atoms with van der Waals surface area (Å²) in [5, 5.41) is 8.29. The molecule has 0 aromatic carbocycles. The minimum atomic E-state index is 0.245. The van der Waals surface area contributed by atoms with Gasteiger partial charge in [-0.1, -0.05) is 19.1 Å². The Morgan fingerprint density at radius 2 is 2.33 bits per heavy atom. The highest BCUT2D eigenvalue weighted by molar-refractivity contribution is 6.21. The lowest BCUT2D eigenvalue weighted by atomic mass is 10.2. The van der Waals surface area contributed by atoms with E-state index in [1.165, 1.54) is 0 Å². The average Bonchev–Trinajstić information content (AvgIpc) is 2.76. The fraction of sp³-hybridized carbons (Fsp3) is 0.800. The standard InChI is InChI=1S/C10H17ClN4/c1-3-4-15-10(5-12-13-15)14-6-8(2)9(11)7-14/h5,8-9H,3-4,6-7H2,1-2H3. The maximum atomic E-state index is 6.21. The molecule has 4 nitrogen and oxygen atoms in total. The first kappa shape index (κ1) is 10.7. The third-order valence-electron chi connectivity index (χ3n) is 2.88. The average molecular weight is 229 g/mol. The Kier molecular flexibility index (Phi) is 3.14. The number of anilines is 1. The van der Waals surface area contributed by atoms with Crippen LogP contribution in [-0.4, -0.2) is 33.5 Å². The van der Waals surface area contributed by atoms with Crippen LogP contribution in [0.1, 0.15) is 20.3 Å². The van der Waals surface area contributed by atoms with Crippen LogP contribution < -0.4 is 4.90 Å². The molecular weight excluding hydrogens is 212 g/mol. The van der Waals surface area contributed by atoms with Crippen LogP contribution in [0.5, 0.6) is 0 Å². The smallest absolute Gasteiger partial charge is 0.147 e. The SMILES string of the molecule is CCCn1nncc1N1CC(C)C(Cl)C1. The Hall–Kier alpha value is -0.770. The molecule has 2 heterocycles. The second-order valence-electron chi connectivity index (χ2n) is 4.21. The van der Waals surface area contributed by atoms with E-state index in [-0.39, 0.29) is 5.38 Å². The monoisotopic (exact) mass is 228 g/mol. The van der Waals surface area contributed by atoms with Crippen LogP contribution in [-0.2, 0) is 6.54 Å². The molecule has 15 heavy (non-hydrogen) atoms. The molecule has 1 aromatic heterocycles. The lowest BCUT2D eigenvalue weighted by molar-refractivity contribution is 0.572. The normalized spacial score (nSPS) is 26.2. The second-order valence-corrected chi connectivity index (χ2v) is 4.77. The summed E-state index contributed by atoms with van der Waals surface area (Å²) in [4.78, 5) is 2.28. The van der Waals surface area contributed by atoms with Crippen LogP contribution in [0, 0.1) is 5.92 Å². The van der Waals surface area contributed by atoms with E-state index < -0.39 is 0 Å². The van der Waals surface area contributed by atoms with Crippen molar-refractivity contribution in [3.8, 4) is 0 Å². The maximum Gasteiger partial charge on any atom is 0.147 e. The van der Waals surface area contributed by atoms with Crippen molar-refractivity contribution < 1.29 is 0 Å². The van der Waals surface area contributed by atoms with Gasteiger partial charge in [0.25, 0.3) is 0 Å². The van der Waals surface area contributed by atoms with Gasteiger partial charge in [-0.25, -0.2) is 4.68 Å². The van der Waals surface area contributed by atoms with Gasteiger partial charge in [0.05, 0.1) is 11.6 Å². The zero-order valence-electron chi connectivity index (χ0n) is 9.23. The first-order valence-electron chi connectivity index (χ1n) is 5.50. The molecule has 2 rings (SSSR count). The Morgan fingerprint density at radius 3 is 2.93 bits per heavy atom. The molecule has 5 heteroatoms. The third kappa shape index (κ3) is 2.09. The van der Waals surface area contributed by atoms with E-state index in [2.05, 4.69) is 29.1 Å². The number of hydrogen-bond acceptors (Lipinski definition) is 3. The minimum Gasteiger partial charge on any atom is -0.354 e. The summed E-state index contributed by atoms with van der Waals surface area (Å²) in [6.45, 7) is 7.16. The summed E-state index contributed by atoms with van der Waals surface area (Å²) in [5.41, 5.74) is 0. The molecule has 0 saturated carbocycles. The molecule has 84 valence electrons. The van der Waals surface area contributed by atoms with Crippen molar-refractivity contribution in [2.75, 3.05) is 18.0 Å². The van der Waals surface area contributed by atoms with Gasteiger partial charge in [-0.05, 0) is 12.3 Å². The van der Waals surface area contributed by atoms with Gasteiger partial charge in [0, 0.05) is 19.6 Å². The first-order chi connectivity index (χ1) is 7.22. The van der Waals surface area contributed by atoms with E-state index in [0.29, 0.717) is 5.92 Å². The number of aryl methyl sites for hydroxylation is 1. The fourth-order valence-electron chi connectivity index (χ4n) is 1.98. The molecule has 1 saturated heterocycles.